The first-order valence-corrected chi connectivity index (χ1v) is 9.17. The second-order valence-electron chi connectivity index (χ2n) is 6.57. The van der Waals surface area contributed by atoms with Crippen LogP contribution in [-0.4, -0.2) is 42.6 Å². The van der Waals surface area contributed by atoms with Crippen molar-refractivity contribution in [2.45, 2.75) is 38.6 Å². The molecule has 0 unspecified atom stereocenters. The number of hydrogen-bond donors (Lipinski definition) is 3. The fraction of sp³-hybridized carbons (Fsp3) is 0.400. The lowest BCUT2D eigenvalue weighted by molar-refractivity contribution is -0.141. The van der Waals surface area contributed by atoms with Gasteiger partial charge in [-0.15, -0.1) is 0 Å². The fourth-order valence-corrected chi connectivity index (χ4v) is 2.92. The molecule has 29 heavy (non-hydrogen) atoms. The highest BCUT2D eigenvalue weighted by molar-refractivity contribution is 5.87. The van der Waals surface area contributed by atoms with Gasteiger partial charge in [0.05, 0.1) is 13.5 Å². The van der Waals surface area contributed by atoms with Crippen molar-refractivity contribution in [3.63, 3.8) is 0 Å². The number of ether oxygens (including phenoxy) is 1. The van der Waals surface area contributed by atoms with Crippen LogP contribution in [0.25, 0.3) is 11.0 Å². The zero-order valence-corrected chi connectivity index (χ0v) is 16.3. The smallest absolute Gasteiger partial charge is 0.336 e. The number of carboxylic acid groups (broad SMARTS) is 1. The van der Waals surface area contributed by atoms with E-state index in [1.54, 1.807) is 18.2 Å². The lowest BCUT2D eigenvalue weighted by Gasteiger charge is -2.13. The van der Waals surface area contributed by atoms with Crippen molar-refractivity contribution in [1.29, 1.82) is 0 Å². The third kappa shape index (κ3) is 6.63. The van der Waals surface area contributed by atoms with Crippen LogP contribution >= 0.6 is 0 Å². The molecule has 3 N–H and O–H groups in total. The average molecular weight is 404 g/mol. The minimum absolute atomic E-state index is 0.0120. The van der Waals surface area contributed by atoms with Gasteiger partial charge in [0.15, 0.2) is 0 Å². The quantitative estimate of drug-likeness (QED) is 0.400. The maximum Gasteiger partial charge on any atom is 0.336 e. The summed E-state index contributed by atoms with van der Waals surface area (Å²) in [6.07, 6.45) is 1.37. The maximum atomic E-state index is 12.2. The summed E-state index contributed by atoms with van der Waals surface area (Å²) in [6.45, 7) is 1.62. The Morgan fingerprint density at radius 2 is 1.97 bits per heavy atom. The Kier molecular flexibility index (Phi) is 7.76. The van der Waals surface area contributed by atoms with Crippen molar-refractivity contribution in [2.75, 3.05) is 13.7 Å². The van der Waals surface area contributed by atoms with Gasteiger partial charge in [0.25, 0.3) is 0 Å². The number of nitrogens with one attached hydrogen (secondary N) is 2. The lowest BCUT2D eigenvalue weighted by Crippen LogP contribution is -2.39. The van der Waals surface area contributed by atoms with E-state index in [0.717, 1.165) is 0 Å². The lowest BCUT2D eigenvalue weighted by atomic mass is 10.1. The Labute approximate surface area is 167 Å². The van der Waals surface area contributed by atoms with Gasteiger partial charge in [-0.25, -0.2) is 9.59 Å². The fourth-order valence-electron chi connectivity index (χ4n) is 2.92. The van der Waals surface area contributed by atoms with E-state index in [9.17, 15) is 19.2 Å². The highest BCUT2D eigenvalue weighted by Crippen LogP contribution is 2.22. The van der Waals surface area contributed by atoms with E-state index >= 15 is 0 Å². The Morgan fingerprint density at radius 3 is 2.62 bits per heavy atom. The number of fused-ring (bicyclic) bond motifs is 1. The van der Waals surface area contributed by atoms with Crippen molar-refractivity contribution < 1.29 is 28.6 Å². The number of amides is 2. The van der Waals surface area contributed by atoms with Crippen molar-refractivity contribution in [2.24, 2.45) is 0 Å². The van der Waals surface area contributed by atoms with Crippen LogP contribution in [0.2, 0.25) is 0 Å². The van der Waals surface area contributed by atoms with Crippen molar-refractivity contribution in [1.82, 2.24) is 10.6 Å². The van der Waals surface area contributed by atoms with E-state index in [4.69, 9.17) is 14.3 Å². The summed E-state index contributed by atoms with van der Waals surface area (Å²) in [4.78, 5) is 46.0. The molecule has 1 aromatic heterocycles. The van der Waals surface area contributed by atoms with Crippen LogP contribution < -0.4 is 21.0 Å². The number of methoxy groups -OCH3 is 1. The van der Waals surface area contributed by atoms with Gasteiger partial charge >= 0.3 is 11.6 Å². The molecule has 9 heteroatoms. The standard InChI is InChI=1S/C20H24N2O7/c1-12(23)22-16(20(26)27)5-3-4-8-21-18(24)9-13-10-19(25)29-17-11-14(28-2)6-7-15(13)17/h6-7,10-11,16H,3-5,8-9H2,1-2H3,(H,21,24)(H,22,23)(H,26,27)/t16-/m0/s1. The number of rotatable bonds is 10. The third-order valence-electron chi connectivity index (χ3n) is 4.31. The molecule has 0 radical (unpaired) electrons. The molecule has 2 rings (SSSR count). The molecule has 0 saturated carbocycles. The highest BCUT2D eigenvalue weighted by atomic mass is 16.5. The van der Waals surface area contributed by atoms with E-state index in [-0.39, 0.29) is 18.7 Å². The van der Waals surface area contributed by atoms with Gasteiger partial charge in [-0.05, 0) is 37.0 Å². The van der Waals surface area contributed by atoms with Crippen molar-refractivity contribution in [3.05, 3.63) is 40.2 Å². The molecule has 156 valence electrons. The van der Waals surface area contributed by atoms with Crippen molar-refractivity contribution in [3.8, 4) is 5.75 Å². The molecular weight excluding hydrogens is 380 g/mol. The van der Waals surface area contributed by atoms with E-state index in [2.05, 4.69) is 10.6 Å². The Balaban J connectivity index is 1.87. The number of carboxylic acids is 1. The number of hydrogen-bond acceptors (Lipinski definition) is 6. The normalized spacial score (nSPS) is 11.7. The van der Waals surface area contributed by atoms with Crippen LogP contribution in [0.3, 0.4) is 0 Å². The number of benzene rings is 1. The second-order valence-corrected chi connectivity index (χ2v) is 6.57. The summed E-state index contributed by atoms with van der Waals surface area (Å²) in [5.41, 5.74) is 0.344. The van der Waals surface area contributed by atoms with E-state index in [1.807, 2.05) is 0 Å². The van der Waals surface area contributed by atoms with Gasteiger partial charge in [-0.2, -0.15) is 0 Å². The van der Waals surface area contributed by atoms with E-state index < -0.39 is 23.5 Å². The molecule has 0 fully saturated rings. The minimum Gasteiger partial charge on any atom is -0.497 e. The average Bonchev–Trinajstić information content (AvgIpc) is 2.65. The Morgan fingerprint density at radius 1 is 1.21 bits per heavy atom. The molecule has 0 bridgehead atoms. The van der Waals surface area contributed by atoms with Gasteiger partial charge in [0, 0.05) is 31.0 Å². The molecular formula is C20H24N2O7. The first-order chi connectivity index (χ1) is 13.8. The molecule has 0 aliphatic carbocycles. The van der Waals surface area contributed by atoms with Crippen LogP contribution in [0.5, 0.6) is 5.75 Å². The maximum absolute atomic E-state index is 12.2. The van der Waals surface area contributed by atoms with Crippen LogP contribution in [0.1, 0.15) is 31.7 Å². The Hall–Kier alpha value is -3.36. The molecule has 0 saturated heterocycles. The number of carbonyl (C=O) groups excluding carboxylic acids is 2. The topological polar surface area (TPSA) is 135 Å². The molecule has 2 amide bonds. The van der Waals surface area contributed by atoms with Gasteiger partial charge in [0.2, 0.25) is 11.8 Å². The van der Waals surface area contributed by atoms with Crippen LogP contribution in [0.15, 0.2) is 33.5 Å². The summed E-state index contributed by atoms with van der Waals surface area (Å²) < 4.78 is 10.3. The number of aliphatic carboxylic acids is 1. The SMILES string of the molecule is COc1ccc2c(CC(=O)NCCCC[C@H](NC(C)=O)C(=O)O)cc(=O)oc2c1. The molecule has 0 aliphatic rings. The molecule has 0 aliphatic heterocycles. The molecule has 9 nitrogen and oxygen atoms in total. The van der Waals surface area contributed by atoms with Crippen LogP contribution in [-0.2, 0) is 20.8 Å². The summed E-state index contributed by atoms with van der Waals surface area (Å²) in [5.74, 6) is -1.20. The first kappa shape index (κ1) is 21.9. The van der Waals surface area contributed by atoms with Crippen LogP contribution in [0.4, 0.5) is 0 Å². The highest BCUT2D eigenvalue weighted by Gasteiger charge is 2.17. The summed E-state index contributed by atoms with van der Waals surface area (Å²) in [7, 11) is 1.51. The zero-order valence-electron chi connectivity index (χ0n) is 16.3. The van der Waals surface area contributed by atoms with Crippen LogP contribution in [0, 0.1) is 0 Å². The summed E-state index contributed by atoms with van der Waals surface area (Å²) in [6, 6.07) is 5.40. The van der Waals surface area contributed by atoms with E-state index in [0.29, 0.717) is 41.7 Å². The predicted molar refractivity (Wildman–Crippen MR) is 105 cm³/mol. The molecule has 2 aromatic rings. The monoisotopic (exact) mass is 404 g/mol. The minimum atomic E-state index is -1.09. The second kappa shape index (κ2) is 10.3. The van der Waals surface area contributed by atoms with E-state index in [1.165, 1.54) is 20.1 Å². The van der Waals surface area contributed by atoms with Crippen molar-refractivity contribution >= 4 is 28.8 Å². The predicted octanol–water partition coefficient (Wildman–Crippen LogP) is 1.22. The van der Waals surface area contributed by atoms with Gasteiger partial charge in [0.1, 0.15) is 17.4 Å². The first-order valence-electron chi connectivity index (χ1n) is 9.17. The molecule has 1 atom stereocenters. The molecule has 1 aromatic carbocycles. The summed E-state index contributed by atoms with van der Waals surface area (Å²) >= 11 is 0. The largest absolute Gasteiger partial charge is 0.497 e. The third-order valence-corrected chi connectivity index (χ3v) is 4.31. The van der Waals surface area contributed by atoms with Gasteiger partial charge in [-0.3, -0.25) is 9.59 Å². The van der Waals surface area contributed by atoms with Gasteiger partial charge < -0.3 is 24.9 Å². The molecule has 0 spiro atoms. The Bertz CT molecular complexity index is 951. The molecule has 1 heterocycles. The zero-order chi connectivity index (χ0) is 21.4. The summed E-state index contributed by atoms with van der Waals surface area (Å²) in [5, 5.41) is 14.8. The number of unbranched alkanes of at least 4 members (excludes halogenated alkanes) is 1. The van der Waals surface area contributed by atoms with Gasteiger partial charge in [-0.1, -0.05) is 0 Å². The number of carbonyl (C=O) groups is 3.